The highest BCUT2D eigenvalue weighted by Crippen LogP contribution is 2.47. The number of amides is 2. The van der Waals surface area contributed by atoms with Gasteiger partial charge in [0, 0.05) is 67.6 Å². The number of rotatable bonds is 18. The summed E-state index contributed by atoms with van der Waals surface area (Å²) in [5.41, 5.74) is 8.31. The van der Waals surface area contributed by atoms with Crippen LogP contribution in [-0.4, -0.2) is 68.9 Å². The van der Waals surface area contributed by atoms with Crippen molar-refractivity contribution in [1.29, 1.82) is 0 Å². The number of pyridine rings is 2. The van der Waals surface area contributed by atoms with Crippen LogP contribution < -0.4 is 21.9 Å². The summed E-state index contributed by atoms with van der Waals surface area (Å²) in [6.07, 6.45) is 1.67. The predicted molar refractivity (Wildman–Crippen MR) is 222 cm³/mol. The van der Waals surface area contributed by atoms with Crippen LogP contribution in [0.3, 0.4) is 0 Å². The van der Waals surface area contributed by atoms with Crippen LogP contribution in [0.4, 0.5) is 4.39 Å². The molecule has 15 heteroatoms. The number of nitrogens with one attached hydrogen (secondary N) is 2. The lowest BCUT2D eigenvalue weighted by molar-refractivity contribution is -0.172. The highest BCUT2D eigenvalue weighted by molar-refractivity contribution is 5.95. The van der Waals surface area contributed by atoms with Crippen molar-refractivity contribution in [3.8, 4) is 11.4 Å². The molecule has 2 amide bonds. The molecule has 4 aromatic rings. The van der Waals surface area contributed by atoms with Crippen molar-refractivity contribution >= 4 is 46.0 Å². The Balaban J connectivity index is 1.00. The van der Waals surface area contributed by atoms with Gasteiger partial charge in [-0.3, -0.25) is 28.8 Å². The van der Waals surface area contributed by atoms with Gasteiger partial charge in [-0.1, -0.05) is 37.3 Å². The van der Waals surface area contributed by atoms with E-state index in [9.17, 15) is 38.7 Å². The lowest BCUT2D eigenvalue weighted by Crippen LogP contribution is -2.44. The van der Waals surface area contributed by atoms with Crippen molar-refractivity contribution in [2.45, 2.75) is 115 Å². The van der Waals surface area contributed by atoms with Crippen molar-refractivity contribution in [1.82, 2.24) is 20.2 Å². The number of ether oxygens (including phenoxy) is 1. The molecule has 2 aliphatic heterocycles. The highest BCUT2D eigenvalue weighted by Gasteiger charge is 2.46. The van der Waals surface area contributed by atoms with Crippen molar-refractivity contribution in [2.75, 3.05) is 13.1 Å². The molecule has 0 spiro atoms. The van der Waals surface area contributed by atoms with Crippen LogP contribution in [0.15, 0.2) is 47.3 Å². The number of aromatic nitrogens is 2. The number of halogens is 1. The number of aliphatic hydroxyl groups is 1. The molecule has 61 heavy (non-hydrogen) atoms. The summed E-state index contributed by atoms with van der Waals surface area (Å²) in [5, 5.41) is 17.6. The highest BCUT2D eigenvalue weighted by atomic mass is 19.1. The molecule has 5 N–H and O–H groups in total. The van der Waals surface area contributed by atoms with Gasteiger partial charge in [0.15, 0.2) is 11.4 Å². The van der Waals surface area contributed by atoms with Crippen LogP contribution >= 0.6 is 0 Å². The zero-order chi connectivity index (χ0) is 43.6. The lowest BCUT2D eigenvalue weighted by atomic mass is 9.76. The Bertz CT molecular complexity index is 2520. The SMILES string of the molecule is CC[C@@]1(O)C(=O)OCc2c1cc1n(c2=O)Cc2c-1nc1cc(F)c(C)c3c1c2[C@@H](CC(=O)CCCNC(=O)CCC(=O)[C@@H](Cc1ccccc1)NC(=O)CCC(=O)CN)CC3. The molecule has 7 rings (SSSR count). The Hall–Kier alpha value is -5.93. The molecule has 0 fully saturated rings. The van der Waals surface area contributed by atoms with Gasteiger partial charge in [0.2, 0.25) is 11.8 Å². The second-order valence-corrected chi connectivity index (χ2v) is 16.3. The van der Waals surface area contributed by atoms with Gasteiger partial charge in [-0.25, -0.2) is 14.2 Å². The van der Waals surface area contributed by atoms with E-state index >= 15 is 4.39 Å². The molecule has 0 bridgehead atoms. The number of hydrogen-bond acceptors (Lipinski definition) is 11. The summed E-state index contributed by atoms with van der Waals surface area (Å²) in [4.78, 5) is 95.3. The Kier molecular flexibility index (Phi) is 12.7. The first-order chi connectivity index (χ1) is 29.2. The maximum Gasteiger partial charge on any atom is 0.343 e. The number of nitrogens with two attached hydrogens (primary N) is 1. The topological polar surface area (TPSA) is 217 Å². The standard InChI is InChI=1S/C46H50FN5O9/c1-3-46(60)33-20-37-43-31(23-52(37)44(58)32(33)24-61-45(46)59)41-27(11-13-30-25(2)34(47)21-36(51-43)42(30)41)19-28(53)10-7-17-49-39(56)16-14-38(55)35(18-26-8-5-4-6-9-26)50-40(57)15-12-29(54)22-48/h4-6,8-9,20-21,27,35,60H,3,7,10-19,22-24,48H2,1-2H3,(H,49,56)(H,50,57)/t27-,35-,46+/m1/s1. The quantitative estimate of drug-likeness (QED) is 0.0736. The molecule has 3 aliphatic rings. The number of esters is 1. The van der Waals surface area contributed by atoms with Crippen molar-refractivity contribution in [3.63, 3.8) is 0 Å². The third-order valence-electron chi connectivity index (χ3n) is 12.4. The number of cyclic esters (lactones) is 1. The molecule has 1 aliphatic carbocycles. The summed E-state index contributed by atoms with van der Waals surface area (Å²) < 4.78 is 22.1. The van der Waals surface area contributed by atoms with Crippen LogP contribution in [0.2, 0.25) is 0 Å². The molecule has 0 radical (unpaired) electrons. The second-order valence-electron chi connectivity index (χ2n) is 16.3. The molecule has 2 aromatic heterocycles. The Morgan fingerprint density at radius 3 is 2.49 bits per heavy atom. The van der Waals surface area contributed by atoms with E-state index in [4.69, 9.17) is 15.5 Å². The lowest BCUT2D eigenvalue weighted by Gasteiger charge is -2.31. The van der Waals surface area contributed by atoms with E-state index in [1.54, 1.807) is 24.5 Å². The summed E-state index contributed by atoms with van der Waals surface area (Å²) >= 11 is 0. The molecule has 14 nitrogen and oxygen atoms in total. The van der Waals surface area contributed by atoms with Gasteiger partial charge >= 0.3 is 5.97 Å². The Labute approximate surface area is 351 Å². The van der Waals surface area contributed by atoms with Crippen molar-refractivity contribution < 1.29 is 43.0 Å². The van der Waals surface area contributed by atoms with Gasteiger partial charge in [0.1, 0.15) is 24.0 Å². The number of carbonyl (C=O) groups is 6. The Morgan fingerprint density at radius 1 is 1.00 bits per heavy atom. The largest absolute Gasteiger partial charge is 0.458 e. The molecule has 320 valence electrons. The number of nitrogens with zero attached hydrogens (tertiary/aromatic N) is 2. The van der Waals surface area contributed by atoms with Gasteiger partial charge in [-0.15, -0.1) is 0 Å². The van der Waals surface area contributed by atoms with E-state index < -0.39 is 34.9 Å². The molecule has 0 unspecified atom stereocenters. The number of aryl methyl sites for hydroxylation is 1. The predicted octanol–water partition coefficient (Wildman–Crippen LogP) is 3.80. The number of ketones is 3. The molecule has 0 saturated heterocycles. The van der Waals surface area contributed by atoms with Gasteiger partial charge in [-0.05, 0) is 73.3 Å². The average Bonchev–Trinajstić information content (AvgIpc) is 3.63. The van der Waals surface area contributed by atoms with Crippen molar-refractivity contribution in [2.24, 2.45) is 5.73 Å². The van der Waals surface area contributed by atoms with Crippen LogP contribution in [0.5, 0.6) is 0 Å². The second kappa shape index (κ2) is 18.0. The maximum atomic E-state index is 15.3. The van der Waals surface area contributed by atoms with Gasteiger partial charge < -0.3 is 30.8 Å². The number of hydrogen-bond donors (Lipinski definition) is 4. The van der Waals surface area contributed by atoms with E-state index in [1.165, 1.54) is 6.07 Å². The minimum atomic E-state index is -2.00. The smallest absolute Gasteiger partial charge is 0.343 e. The summed E-state index contributed by atoms with van der Waals surface area (Å²) in [5.74, 6) is -2.94. The van der Waals surface area contributed by atoms with Gasteiger partial charge in [-0.2, -0.15) is 0 Å². The van der Waals surface area contributed by atoms with Gasteiger partial charge in [0.05, 0.1) is 41.6 Å². The minimum Gasteiger partial charge on any atom is -0.458 e. The van der Waals surface area contributed by atoms with Crippen LogP contribution in [0, 0.1) is 12.7 Å². The third kappa shape index (κ3) is 8.67. The number of fused-ring (bicyclic) bond motifs is 5. The fourth-order valence-electron chi connectivity index (χ4n) is 8.96. The third-order valence-corrected chi connectivity index (χ3v) is 12.4. The fraction of sp³-hybridized carbons (Fsp3) is 0.435. The molecule has 3 atom stereocenters. The normalized spacial score (nSPS) is 17.8. The van der Waals surface area contributed by atoms with E-state index in [0.717, 1.165) is 27.6 Å². The van der Waals surface area contributed by atoms with Crippen molar-refractivity contribution in [3.05, 3.63) is 97.6 Å². The van der Waals surface area contributed by atoms with Crippen LogP contribution in [-0.2, 0) is 65.1 Å². The minimum absolute atomic E-state index is 0.00899. The summed E-state index contributed by atoms with van der Waals surface area (Å²) in [7, 11) is 0. The van der Waals surface area contributed by atoms with Crippen LogP contribution in [0.1, 0.15) is 110 Å². The molecular formula is C46H50FN5O9. The number of carbonyl (C=O) groups excluding carboxylic acids is 6. The van der Waals surface area contributed by atoms with E-state index in [2.05, 4.69) is 10.6 Å². The fourth-order valence-corrected chi connectivity index (χ4v) is 8.96. The zero-order valence-electron chi connectivity index (χ0n) is 34.4. The summed E-state index contributed by atoms with van der Waals surface area (Å²) in [6, 6.07) is 11.3. The first-order valence-electron chi connectivity index (χ1n) is 20.9. The Morgan fingerprint density at radius 2 is 1.75 bits per heavy atom. The molecule has 4 heterocycles. The van der Waals surface area contributed by atoms with Crippen LogP contribution in [0.25, 0.3) is 22.3 Å². The molecule has 2 aromatic carbocycles. The average molecular weight is 836 g/mol. The monoisotopic (exact) mass is 835 g/mol. The maximum absolute atomic E-state index is 15.3. The molecule has 0 saturated carbocycles. The van der Waals surface area contributed by atoms with E-state index in [0.29, 0.717) is 41.7 Å². The number of Topliss-reactive ketones (excluding diaryl/α,β-unsaturated/α-hetero) is 3. The first-order valence-corrected chi connectivity index (χ1v) is 20.9. The van der Waals surface area contributed by atoms with Gasteiger partial charge in [0.25, 0.3) is 5.56 Å². The van der Waals surface area contributed by atoms with E-state index in [1.807, 2.05) is 30.3 Å². The summed E-state index contributed by atoms with van der Waals surface area (Å²) in [6.45, 7) is 3.27. The first kappa shape index (κ1) is 43.2. The zero-order valence-corrected chi connectivity index (χ0v) is 34.4. The molecular weight excluding hydrogens is 786 g/mol. The number of benzene rings is 2. The van der Waals surface area contributed by atoms with E-state index in [-0.39, 0.29) is 118 Å².